The number of hydrogen-bond donors (Lipinski definition) is 0. The van der Waals surface area contributed by atoms with Crippen molar-refractivity contribution < 1.29 is 4.92 Å². The molecular weight excluding hydrogens is 242 g/mol. The Morgan fingerprint density at radius 1 is 1.26 bits per heavy atom. The van der Waals surface area contributed by atoms with Crippen molar-refractivity contribution in [3.8, 4) is 11.8 Å². The molecule has 0 amide bonds. The molecule has 0 spiro atoms. The van der Waals surface area contributed by atoms with Crippen LogP contribution in [0.4, 0.5) is 5.69 Å². The number of aryl methyl sites for hydroxylation is 2. The molecule has 1 heterocycles. The molecule has 19 heavy (non-hydrogen) atoms. The highest BCUT2D eigenvalue weighted by atomic mass is 16.6. The van der Waals surface area contributed by atoms with Gasteiger partial charge < -0.3 is 4.57 Å². The predicted octanol–water partition coefficient (Wildman–Crippen LogP) is 3.18. The Balaban J connectivity index is 2.67. The van der Waals surface area contributed by atoms with Gasteiger partial charge in [-0.2, -0.15) is 5.26 Å². The van der Waals surface area contributed by atoms with Gasteiger partial charge in [-0.25, -0.2) is 0 Å². The highest BCUT2D eigenvalue weighted by Gasteiger charge is 2.15. The summed E-state index contributed by atoms with van der Waals surface area (Å²) < 4.78 is 1.85. The van der Waals surface area contributed by atoms with Gasteiger partial charge in [0.25, 0.3) is 5.69 Å². The van der Waals surface area contributed by atoms with Crippen LogP contribution in [0.25, 0.3) is 5.69 Å². The van der Waals surface area contributed by atoms with Crippen LogP contribution in [0.5, 0.6) is 0 Å². The maximum Gasteiger partial charge on any atom is 0.274 e. The molecule has 2 rings (SSSR count). The van der Waals surface area contributed by atoms with Crippen molar-refractivity contribution in [3.63, 3.8) is 0 Å². The number of benzene rings is 1. The van der Waals surface area contributed by atoms with E-state index in [0.29, 0.717) is 16.8 Å². The summed E-state index contributed by atoms with van der Waals surface area (Å²) in [6.45, 7) is 5.41. The monoisotopic (exact) mass is 255 g/mol. The average Bonchev–Trinajstić information content (AvgIpc) is 2.65. The lowest BCUT2D eigenvalue weighted by molar-refractivity contribution is -0.385. The highest BCUT2D eigenvalue weighted by Crippen LogP contribution is 2.25. The maximum absolute atomic E-state index is 11.0. The largest absolute Gasteiger partial charge is 0.317 e. The van der Waals surface area contributed by atoms with Crippen LogP contribution in [0.2, 0.25) is 0 Å². The summed E-state index contributed by atoms with van der Waals surface area (Å²) in [6, 6.07) is 8.98. The zero-order chi connectivity index (χ0) is 14.2. The van der Waals surface area contributed by atoms with Crippen molar-refractivity contribution in [2.24, 2.45) is 0 Å². The van der Waals surface area contributed by atoms with Crippen molar-refractivity contribution in [2.75, 3.05) is 0 Å². The molecule has 5 heteroatoms. The van der Waals surface area contributed by atoms with E-state index in [0.717, 1.165) is 11.4 Å². The van der Waals surface area contributed by atoms with E-state index in [-0.39, 0.29) is 5.69 Å². The van der Waals surface area contributed by atoms with Gasteiger partial charge >= 0.3 is 0 Å². The van der Waals surface area contributed by atoms with E-state index in [9.17, 15) is 10.1 Å². The van der Waals surface area contributed by atoms with Gasteiger partial charge in [0, 0.05) is 23.0 Å². The number of nitro groups is 1. The summed E-state index contributed by atoms with van der Waals surface area (Å²) in [6.07, 6.45) is 0. The first-order chi connectivity index (χ1) is 8.95. The minimum Gasteiger partial charge on any atom is -0.317 e. The topological polar surface area (TPSA) is 71.9 Å². The van der Waals surface area contributed by atoms with E-state index < -0.39 is 4.92 Å². The molecule has 5 nitrogen and oxygen atoms in total. The molecule has 1 aromatic heterocycles. The fraction of sp³-hybridized carbons (Fsp3) is 0.214. The Hall–Kier alpha value is -2.61. The van der Waals surface area contributed by atoms with Crippen LogP contribution in [-0.4, -0.2) is 9.49 Å². The lowest BCUT2D eigenvalue weighted by Gasteiger charge is -2.10. The van der Waals surface area contributed by atoms with Crippen LogP contribution in [0.3, 0.4) is 0 Å². The van der Waals surface area contributed by atoms with Gasteiger partial charge in [0.2, 0.25) is 0 Å². The van der Waals surface area contributed by atoms with Gasteiger partial charge in [-0.05, 0) is 32.9 Å². The number of nitriles is 1. The van der Waals surface area contributed by atoms with Gasteiger partial charge in [0.05, 0.1) is 16.2 Å². The molecule has 0 unspecified atom stereocenters. The molecule has 0 aliphatic carbocycles. The van der Waals surface area contributed by atoms with Gasteiger partial charge in [-0.3, -0.25) is 10.1 Å². The van der Waals surface area contributed by atoms with Crippen molar-refractivity contribution in [3.05, 3.63) is 56.9 Å². The van der Waals surface area contributed by atoms with E-state index in [2.05, 4.69) is 6.07 Å². The van der Waals surface area contributed by atoms with Gasteiger partial charge in [-0.15, -0.1) is 0 Å². The van der Waals surface area contributed by atoms with Crippen molar-refractivity contribution in [2.45, 2.75) is 20.8 Å². The normalized spacial score (nSPS) is 10.2. The number of nitro benzene ring substituents is 1. The molecule has 0 N–H and O–H groups in total. The van der Waals surface area contributed by atoms with E-state index in [1.165, 1.54) is 6.07 Å². The molecule has 0 saturated carbocycles. The van der Waals surface area contributed by atoms with E-state index in [1.807, 2.05) is 24.5 Å². The van der Waals surface area contributed by atoms with E-state index in [1.54, 1.807) is 19.1 Å². The van der Waals surface area contributed by atoms with Crippen LogP contribution in [0.1, 0.15) is 22.5 Å². The minimum atomic E-state index is -0.391. The third-order valence-corrected chi connectivity index (χ3v) is 3.20. The van der Waals surface area contributed by atoms with Crippen LogP contribution in [0.15, 0.2) is 24.3 Å². The first-order valence-corrected chi connectivity index (χ1v) is 5.80. The van der Waals surface area contributed by atoms with E-state index in [4.69, 9.17) is 5.26 Å². The molecule has 0 bridgehead atoms. The van der Waals surface area contributed by atoms with Gasteiger partial charge in [0.15, 0.2) is 0 Å². The Morgan fingerprint density at radius 2 is 1.95 bits per heavy atom. The molecule has 0 saturated heterocycles. The molecule has 1 aromatic carbocycles. The Labute approximate surface area is 110 Å². The van der Waals surface area contributed by atoms with Crippen molar-refractivity contribution in [1.82, 2.24) is 4.57 Å². The molecule has 0 fully saturated rings. The quantitative estimate of drug-likeness (QED) is 0.611. The molecule has 96 valence electrons. The summed E-state index contributed by atoms with van der Waals surface area (Å²) in [4.78, 5) is 10.6. The third-order valence-electron chi connectivity index (χ3n) is 3.20. The minimum absolute atomic E-state index is 0.0866. The molecule has 0 aliphatic heterocycles. The third kappa shape index (κ3) is 2.08. The second-order valence-electron chi connectivity index (χ2n) is 4.46. The molecule has 2 aromatic rings. The van der Waals surface area contributed by atoms with Crippen molar-refractivity contribution >= 4 is 5.69 Å². The summed E-state index contributed by atoms with van der Waals surface area (Å²) in [5.74, 6) is 0. The lowest BCUT2D eigenvalue weighted by Crippen LogP contribution is -2.01. The molecule has 0 radical (unpaired) electrons. The van der Waals surface area contributed by atoms with E-state index >= 15 is 0 Å². The fourth-order valence-corrected chi connectivity index (χ4v) is 2.21. The number of hydrogen-bond acceptors (Lipinski definition) is 3. The maximum atomic E-state index is 11.0. The smallest absolute Gasteiger partial charge is 0.274 e. The molecular formula is C14H13N3O2. The number of rotatable bonds is 2. The average molecular weight is 255 g/mol. The zero-order valence-corrected chi connectivity index (χ0v) is 11.0. The van der Waals surface area contributed by atoms with Gasteiger partial charge in [-0.1, -0.05) is 6.07 Å². The summed E-state index contributed by atoms with van der Waals surface area (Å²) >= 11 is 0. The summed E-state index contributed by atoms with van der Waals surface area (Å²) in [5, 5.41) is 20.0. The highest BCUT2D eigenvalue weighted by molar-refractivity contribution is 5.52. The van der Waals surface area contributed by atoms with Crippen molar-refractivity contribution in [1.29, 1.82) is 5.26 Å². The summed E-state index contributed by atoms with van der Waals surface area (Å²) in [5.41, 5.74) is 3.67. The number of aromatic nitrogens is 1. The Morgan fingerprint density at radius 3 is 2.47 bits per heavy atom. The molecule has 0 aliphatic rings. The first kappa shape index (κ1) is 12.8. The first-order valence-electron chi connectivity index (χ1n) is 5.80. The Bertz CT molecular complexity index is 708. The molecule has 0 atom stereocenters. The van der Waals surface area contributed by atoms with Crippen LogP contribution in [-0.2, 0) is 0 Å². The zero-order valence-electron chi connectivity index (χ0n) is 11.0. The summed E-state index contributed by atoms with van der Waals surface area (Å²) in [7, 11) is 0. The van der Waals surface area contributed by atoms with Crippen LogP contribution in [0, 0.1) is 42.2 Å². The lowest BCUT2D eigenvalue weighted by atomic mass is 10.2. The van der Waals surface area contributed by atoms with Gasteiger partial charge in [0.1, 0.15) is 6.07 Å². The standard InChI is InChI=1S/C14H13N3O2/c1-9-4-5-13(7-14(9)17(18)19)16-10(2)6-12(8-15)11(16)3/h4-7H,1-3H3. The second-order valence-corrected chi connectivity index (χ2v) is 4.46. The second kappa shape index (κ2) is 4.58. The van der Waals surface area contributed by atoms with Crippen LogP contribution >= 0.6 is 0 Å². The Kier molecular flexibility index (Phi) is 3.09. The predicted molar refractivity (Wildman–Crippen MR) is 71.3 cm³/mol. The fourth-order valence-electron chi connectivity index (χ4n) is 2.21. The number of nitrogens with zero attached hydrogens (tertiary/aromatic N) is 3. The SMILES string of the molecule is Cc1ccc(-n2c(C)cc(C#N)c2C)cc1[N+](=O)[O-]. The van der Waals surface area contributed by atoms with Crippen LogP contribution < -0.4 is 0 Å².